The van der Waals surface area contributed by atoms with Gasteiger partial charge in [-0.1, -0.05) is 64.5 Å². The van der Waals surface area contributed by atoms with Gasteiger partial charge in [-0.25, -0.2) is 9.59 Å². The van der Waals surface area contributed by atoms with Crippen molar-refractivity contribution in [3.8, 4) is 16.9 Å². The number of phenolic OH excluding ortho intramolecular Hbond substituents is 1. The van der Waals surface area contributed by atoms with Crippen molar-refractivity contribution < 1.29 is 24.5 Å². The van der Waals surface area contributed by atoms with Crippen molar-refractivity contribution in [3.63, 3.8) is 0 Å². The molecule has 3 aromatic rings. The number of hydrogen-bond donors (Lipinski definition) is 3. The predicted octanol–water partition coefficient (Wildman–Crippen LogP) is 5.31. The molecule has 1 aliphatic carbocycles. The molecule has 0 saturated carbocycles. The number of carbonyl (C=O) groups excluding carboxylic acids is 1. The van der Waals surface area contributed by atoms with Crippen molar-refractivity contribution in [1.29, 1.82) is 0 Å². The van der Waals surface area contributed by atoms with E-state index in [-0.39, 0.29) is 24.7 Å². The summed E-state index contributed by atoms with van der Waals surface area (Å²) in [6.07, 6.45) is -0.892. The maximum Gasteiger partial charge on any atom is 0.407 e. The fraction of sp³-hybridized carbons (Fsp3) is 0.231. The second-order valence-corrected chi connectivity index (χ2v) is 9.04. The van der Waals surface area contributed by atoms with Gasteiger partial charge in [0.1, 0.15) is 18.4 Å². The standard InChI is InChI=1S/C26H24BrNO5/c1-14-15(2)24(29)16(11-22(14)27)12-23(25(30)31)28-26(32)33-13-21-19-9-5-3-7-17(19)18-8-4-6-10-20(18)21/h3-11,21,23,29H,12-13H2,1-2H3,(H,28,32)(H,30,31). The van der Waals surface area contributed by atoms with E-state index in [1.54, 1.807) is 13.0 Å². The van der Waals surface area contributed by atoms with Crippen LogP contribution < -0.4 is 5.32 Å². The highest BCUT2D eigenvalue weighted by Crippen LogP contribution is 2.44. The maximum atomic E-state index is 12.5. The molecular weight excluding hydrogens is 486 g/mol. The molecule has 1 unspecified atom stereocenters. The minimum atomic E-state index is -1.25. The summed E-state index contributed by atoms with van der Waals surface area (Å²) in [5, 5.41) is 22.5. The zero-order chi connectivity index (χ0) is 23.7. The third-order valence-corrected chi connectivity index (χ3v) is 7.06. The van der Waals surface area contributed by atoms with Gasteiger partial charge < -0.3 is 20.3 Å². The zero-order valence-electron chi connectivity index (χ0n) is 18.3. The van der Waals surface area contributed by atoms with E-state index in [4.69, 9.17) is 4.74 Å². The van der Waals surface area contributed by atoms with Gasteiger partial charge in [0.15, 0.2) is 0 Å². The Bertz CT molecular complexity index is 1190. The SMILES string of the molecule is Cc1c(Br)cc(CC(NC(=O)OCC2c3ccccc3-c3ccccc32)C(=O)O)c(O)c1C. The van der Waals surface area contributed by atoms with Gasteiger partial charge in [-0.05, 0) is 58.9 Å². The Morgan fingerprint density at radius 3 is 2.18 bits per heavy atom. The molecule has 0 spiro atoms. The summed E-state index contributed by atoms with van der Waals surface area (Å²) in [6.45, 7) is 3.70. The normalized spacial score (nSPS) is 13.2. The fourth-order valence-corrected chi connectivity index (χ4v) is 4.86. The number of amides is 1. The first-order valence-corrected chi connectivity index (χ1v) is 11.4. The highest BCUT2D eigenvalue weighted by molar-refractivity contribution is 9.10. The first-order valence-electron chi connectivity index (χ1n) is 10.6. The monoisotopic (exact) mass is 509 g/mol. The van der Waals surface area contributed by atoms with Gasteiger partial charge in [0.05, 0.1) is 0 Å². The van der Waals surface area contributed by atoms with Crippen molar-refractivity contribution in [2.24, 2.45) is 0 Å². The van der Waals surface area contributed by atoms with Gasteiger partial charge in [0, 0.05) is 16.8 Å². The number of phenols is 1. The topological polar surface area (TPSA) is 95.9 Å². The average Bonchev–Trinajstić information content (AvgIpc) is 3.13. The number of aliphatic carboxylic acids is 1. The van der Waals surface area contributed by atoms with E-state index in [1.807, 2.05) is 55.5 Å². The van der Waals surface area contributed by atoms with Crippen LogP contribution in [0.15, 0.2) is 59.1 Å². The van der Waals surface area contributed by atoms with Crippen LogP contribution in [0.1, 0.15) is 33.7 Å². The summed E-state index contributed by atoms with van der Waals surface area (Å²) in [5.74, 6) is -1.31. The molecule has 1 atom stereocenters. The summed E-state index contributed by atoms with van der Waals surface area (Å²) >= 11 is 3.43. The zero-order valence-corrected chi connectivity index (χ0v) is 19.8. The molecule has 3 N–H and O–H groups in total. The van der Waals surface area contributed by atoms with E-state index in [1.165, 1.54) is 0 Å². The van der Waals surface area contributed by atoms with Gasteiger partial charge in [-0.2, -0.15) is 0 Å². The fourth-order valence-electron chi connectivity index (χ4n) is 4.29. The highest BCUT2D eigenvalue weighted by atomic mass is 79.9. The summed E-state index contributed by atoms with van der Waals surface area (Å²) in [7, 11) is 0. The molecule has 0 radical (unpaired) electrons. The van der Waals surface area contributed by atoms with Gasteiger partial charge in [-0.3, -0.25) is 0 Å². The van der Waals surface area contributed by atoms with E-state index >= 15 is 0 Å². The molecule has 6 nitrogen and oxygen atoms in total. The number of halogens is 1. The van der Waals surface area contributed by atoms with Crippen LogP contribution in [-0.2, 0) is 16.0 Å². The van der Waals surface area contributed by atoms with Crippen LogP contribution >= 0.6 is 15.9 Å². The van der Waals surface area contributed by atoms with E-state index in [0.717, 1.165) is 32.3 Å². The van der Waals surface area contributed by atoms with Crippen LogP contribution in [-0.4, -0.2) is 34.9 Å². The summed E-state index contributed by atoms with van der Waals surface area (Å²) < 4.78 is 6.23. The Labute approximate surface area is 200 Å². The Morgan fingerprint density at radius 2 is 1.61 bits per heavy atom. The number of carboxylic acids is 1. The van der Waals surface area contributed by atoms with E-state index in [9.17, 15) is 19.8 Å². The molecule has 0 saturated heterocycles. The van der Waals surface area contributed by atoms with E-state index < -0.39 is 18.1 Å². The number of rotatable bonds is 6. The van der Waals surface area contributed by atoms with Crippen molar-refractivity contribution in [2.75, 3.05) is 6.61 Å². The molecular formula is C26H24BrNO5. The summed E-state index contributed by atoms with van der Waals surface area (Å²) in [5.41, 5.74) is 6.33. The lowest BCUT2D eigenvalue weighted by Crippen LogP contribution is -2.43. The number of alkyl carbamates (subject to hydrolysis) is 1. The highest BCUT2D eigenvalue weighted by Gasteiger charge is 2.30. The largest absolute Gasteiger partial charge is 0.507 e. The molecule has 33 heavy (non-hydrogen) atoms. The average molecular weight is 510 g/mol. The molecule has 0 fully saturated rings. The van der Waals surface area contributed by atoms with Gasteiger partial charge in [0.25, 0.3) is 0 Å². The van der Waals surface area contributed by atoms with Crippen LogP contribution in [0.5, 0.6) is 5.75 Å². The number of hydrogen-bond acceptors (Lipinski definition) is 4. The van der Waals surface area contributed by atoms with Gasteiger partial charge >= 0.3 is 12.1 Å². The summed E-state index contributed by atoms with van der Waals surface area (Å²) in [6, 6.07) is 16.4. The van der Waals surface area contributed by atoms with Gasteiger partial charge in [-0.15, -0.1) is 0 Å². The molecule has 0 aromatic heterocycles. The lowest BCUT2D eigenvalue weighted by Gasteiger charge is -2.19. The Morgan fingerprint density at radius 1 is 1.03 bits per heavy atom. The Kier molecular flexibility index (Phi) is 6.42. The molecule has 170 valence electrons. The third kappa shape index (κ3) is 4.46. The number of benzene rings is 3. The van der Waals surface area contributed by atoms with Crippen LogP contribution in [0.3, 0.4) is 0 Å². The molecule has 1 aliphatic rings. The lowest BCUT2D eigenvalue weighted by molar-refractivity contribution is -0.139. The summed E-state index contributed by atoms with van der Waals surface area (Å²) in [4.78, 5) is 24.3. The molecule has 1 amide bonds. The van der Waals surface area contributed by atoms with Crippen molar-refractivity contribution in [3.05, 3.63) is 86.9 Å². The Hall–Kier alpha value is -3.32. The van der Waals surface area contributed by atoms with Crippen LogP contribution in [0.25, 0.3) is 11.1 Å². The predicted molar refractivity (Wildman–Crippen MR) is 129 cm³/mol. The molecule has 0 heterocycles. The molecule has 4 rings (SSSR count). The number of carboxylic acid groups (broad SMARTS) is 1. The number of carbonyl (C=O) groups is 2. The van der Waals surface area contributed by atoms with E-state index in [0.29, 0.717) is 11.1 Å². The Balaban J connectivity index is 1.46. The smallest absolute Gasteiger partial charge is 0.407 e. The maximum absolute atomic E-state index is 12.5. The van der Waals surface area contributed by atoms with Crippen molar-refractivity contribution >= 4 is 28.0 Å². The van der Waals surface area contributed by atoms with E-state index in [2.05, 4.69) is 21.2 Å². The van der Waals surface area contributed by atoms with Crippen LogP contribution in [0.2, 0.25) is 0 Å². The first kappa shape index (κ1) is 22.9. The molecule has 7 heteroatoms. The van der Waals surface area contributed by atoms with Crippen molar-refractivity contribution in [1.82, 2.24) is 5.32 Å². The second-order valence-electron chi connectivity index (χ2n) is 8.18. The third-order valence-electron chi connectivity index (χ3n) is 6.24. The number of fused-ring (bicyclic) bond motifs is 3. The molecule has 0 aliphatic heterocycles. The van der Waals surface area contributed by atoms with Crippen LogP contribution in [0, 0.1) is 13.8 Å². The second kappa shape index (κ2) is 9.27. The lowest BCUT2D eigenvalue weighted by atomic mass is 9.98. The van der Waals surface area contributed by atoms with Gasteiger partial charge in [0.2, 0.25) is 0 Å². The minimum Gasteiger partial charge on any atom is -0.507 e. The minimum absolute atomic E-state index is 0.0243. The first-order chi connectivity index (χ1) is 15.8. The van der Waals surface area contributed by atoms with Crippen LogP contribution in [0.4, 0.5) is 4.79 Å². The number of ether oxygens (including phenoxy) is 1. The van der Waals surface area contributed by atoms with Crippen molar-refractivity contribution in [2.45, 2.75) is 32.2 Å². The number of nitrogens with one attached hydrogen (secondary N) is 1. The molecule has 0 bridgehead atoms. The molecule has 3 aromatic carbocycles. The number of aromatic hydroxyl groups is 1. The quantitative estimate of drug-likeness (QED) is 0.418.